The molecule has 0 spiro atoms. The van der Waals surface area contributed by atoms with Crippen molar-refractivity contribution >= 4 is 40.5 Å². The molecule has 0 radical (unpaired) electrons. The standard InChI is InChI=1S/C13H17ClN2O3S/c1-8(13(19)16(2)3)15-12(18)7-4-9(17)10-5-6-11(14)20-10/h5-6,8H,4,7H2,1-3H3,(H,15,18). The average Bonchev–Trinajstić information content (AvgIpc) is 2.81. The van der Waals surface area contributed by atoms with E-state index in [0.717, 1.165) is 0 Å². The van der Waals surface area contributed by atoms with Crippen LogP contribution < -0.4 is 5.32 Å². The molecule has 1 aromatic heterocycles. The average molecular weight is 317 g/mol. The number of rotatable bonds is 6. The SMILES string of the molecule is CC(NC(=O)CCC(=O)c1ccc(Cl)s1)C(=O)N(C)C. The quantitative estimate of drug-likeness (QED) is 0.816. The fourth-order valence-electron chi connectivity index (χ4n) is 1.58. The first-order valence-electron chi connectivity index (χ1n) is 6.10. The summed E-state index contributed by atoms with van der Waals surface area (Å²) < 4.78 is 0.544. The molecule has 0 aliphatic rings. The Morgan fingerprint density at radius 1 is 1.30 bits per heavy atom. The second-order valence-electron chi connectivity index (χ2n) is 4.55. The van der Waals surface area contributed by atoms with Gasteiger partial charge in [-0.3, -0.25) is 14.4 Å². The summed E-state index contributed by atoms with van der Waals surface area (Å²) in [5.74, 6) is -0.623. The van der Waals surface area contributed by atoms with Crippen LogP contribution in [-0.2, 0) is 9.59 Å². The zero-order valence-corrected chi connectivity index (χ0v) is 13.2. The topological polar surface area (TPSA) is 66.5 Å². The molecule has 1 atom stereocenters. The van der Waals surface area contributed by atoms with Crippen LogP contribution in [0.15, 0.2) is 12.1 Å². The van der Waals surface area contributed by atoms with Crippen LogP contribution in [0.25, 0.3) is 0 Å². The molecule has 110 valence electrons. The molecule has 1 N–H and O–H groups in total. The molecule has 0 saturated heterocycles. The van der Waals surface area contributed by atoms with Gasteiger partial charge in [-0.1, -0.05) is 11.6 Å². The lowest BCUT2D eigenvalue weighted by molar-refractivity contribution is -0.133. The smallest absolute Gasteiger partial charge is 0.244 e. The van der Waals surface area contributed by atoms with E-state index in [1.54, 1.807) is 33.2 Å². The van der Waals surface area contributed by atoms with Crippen LogP contribution in [0.1, 0.15) is 29.4 Å². The summed E-state index contributed by atoms with van der Waals surface area (Å²) in [6, 6.07) is 2.70. The van der Waals surface area contributed by atoms with Gasteiger partial charge in [0, 0.05) is 26.9 Å². The van der Waals surface area contributed by atoms with Crippen LogP contribution in [0.2, 0.25) is 4.34 Å². The summed E-state index contributed by atoms with van der Waals surface area (Å²) in [6.45, 7) is 1.61. The minimum Gasteiger partial charge on any atom is -0.347 e. The number of ketones is 1. The number of thiophene rings is 1. The van der Waals surface area contributed by atoms with Gasteiger partial charge in [-0.05, 0) is 19.1 Å². The second-order valence-corrected chi connectivity index (χ2v) is 6.26. The summed E-state index contributed by atoms with van der Waals surface area (Å²) in [4.78, 5) is 37.0. The monoisotopic (exact) mass is 316 g/mol. The minimum atomic E-state index is -0.594. The lowest BCUT2D eigenvalue weighted by Crippen LogP contribution is -2.44. The molecule has 2 amide bonds. The van der Waals surface area contributed by atoms with Crippen LogP contribution in [0.3, 0.4) is 0 Å². The maximum Gasteiger partial charge on any atom is 0.244 e. The van der Waals surface area contributed by atoms with Gasteiger partial charge in [-0.2, -0.15) is 0 Å². The van der Waals surface area contributed by atoms with Crippen molar-refractivity contribution in [1.82, 2.24) is 10.2 Å². The van der Waals surface area contributed by atoms with Crippen molar-refractivity contribution in [2.24, 2.45) is 0 Å². The highest BCUT2D eigenvalue weighted by atomic mass is 35.5. The number of amides is 2. The van der Waals surface area contributed by atoms with Crippen LogP contribution in [0.5, 0.6) is 0 Å². The molecule has 0 bridgehead atoms. The molecule has 1 heterocycles. The third kappa shape index (κ3) is 4.94. The highest BCUT2D eigenvalue weighted by Gasteiger charge is 2.18. The summed E-state index contributed by atoms with van der Waals surface area (Å²) in [5, 5.41) is 2.57. The Balaban J connectivity index is 2.40. The van der Waals surface area contributed by atoms with Crippen molar-refractivity contribution in [3.63, 3.8) is 0 Å². The van der Waals surface area contributed by atoms with Gasteiger partial charge in [-0.25, -0.2) is 0 Å². The fourth-order valence-corrected chi connectivity index (χ4v) is 2.59. The predicted molar refractivity (Wildman–Crippen MR) is 79.2 cm³/mol. The van der Waals surface area contributed by atoms with Crippen LogP contribution in [0.4, 0.5) is 0 Å². The van der Waals surface area contributed by atoms with Gasteiger partial charge in [0.05, 0.1) is 9.21 Å². The zero-order chi connectivity index (χ0) is 15.3. The fraction of sp³-hybridized carbons (Fsp3) is 0.462. The molecule has 7 heteroatoms. The molecule has 0 aliphatic carbocycles. The van der Waals surface area contributed by atoms with Crippen molar-refractivity contribution < 1.29 is 14.4 Å². The Bertz CT molecular complexity index is 513. The van der Waals surface area contributed by atoms with E-state index in [4.69, 9.17) is 11.6 Å². The number of carbonyl (C=O) groups excluding carboxylic acids is 3. The second kappa shape index (κ2) is 7.40. The highest BCUT2D eigenvalue weighted by Crippen LogP contribution is 2.22. The van der Waals surface area contributed by atoms with Gasteiger partial charge >= 0.3 is 0 Å². The minimum absolute atomic E-state index is 0.0550. The lowest BCUT2D eigenvalue weighted by atomic mass is 10.2. The Morgan fingerprint density at radius 3 is 2.45 bits per heavy atom. The molecular weight excluding hydrogens is 300 g/mol. The van der Waals surface area contributed by atoms with Crippen molar-refractivity contribution in [3.05, 3.63) is 21.3 Å². The number of nitrogens with zero attached hydrogens (tertiary/aromatic N) is 1. The van der Waals surface area contributed by atoms with Gasteiger partial charge in [-0.15, -0.1) is 11.3 Å². The number of halogens is 1. The molecule has 1 rings (SSSR count). The number of hydrogen-bond donors (Lipinski definition) is 1. The van der Waals surface area contributed by atoms with E-state index in [0.29, 0.717) is 9.21 Å². The number of hydrogen-bond acceptors (Lipinski definition) is 4. The molecule has 0 aromatic carbocycles. The van der Waals surface area contributed by atoms with Gasteiger partial charge < -0.3 is 10.2 Å². The van der Waals surface area contributed by atoms with E-state index in [-0.39, 0.29) is 30.4 Å². The molecule has 1 unspecified atom stereocenters. The van der Waals surface area contributed by atoms with E-state index >= 15 is 0 Å². The normalized spacial score (nSPS) is 11.8. The Kier molecular flexibility index (Phi) is 6.16. The maximum absolute atomic E-state index is 11.8. The number of carbonyl (C=O) groups is 3. The first kappa shape index (κ1) is 16.7. The number of Topliss-reactive ketones (excluding diaryl/α,β-unsaturated/α-hetero) is 1. The van der Waals surface area contributed by atoms with Crippen LogP contribution in [-0.4, -0.2) is 42.6 Å². The molecule has 0 saturated carbocycles. The third-order valence-electron chi connectivity index (χ3n) is 2.62. The lowest BCUT2D eigenvalue weighted by Gasteiger charge is -2.17. The first-order chi connectivity index (χ1) is 9.31. The Labute approximate surface area is 126 Å². The zero-order valence-electron chi connectivity index (χ0n) is 11.6. The molecule has 0 fully saturated rings. The van der Waals surface area contributed by atoms with Crippen LogP contribution in [0, 0.1) is 0 Å². The van der Waals surface area contributed by atoms with Crippen molar-refractivity contribution in [3.8, 4) is 0 Å². The molecule has 5 nitrogen and oxygen atoms in total. The number of likely N-dealkylation sites (N-methyl/N-ethyl adjacent to an activating group) is 1. The first-order valence-corrected chi connectivity index (χ1v) is 7.29. The van der Waals surface area contributed by atoms with E-state index in [1.807, 2.05) is 0 Å². The van der Waals surface area contributed by atoms with Gasteiger partial charge in [0.1, 0.15) is 6.04 Å². The van der Waals surface area contributed by atoms with E-state index in [9.17, 15) is 14.4 Å². The molecule has 1 aromatic rings. The van der Waals surface area contributed by atoms with E-state index in [1.165, 1.54) is 16.2 Å². The van der Waals surface area contributed by atoms with Crippen molar-refractivity contribution in [1.29, 1.82) is 0 Å². The molecular formula is C13H17ClN2O3S. The summed E-state index contributed by atoms with van der Waals surface area (Å²) >= 11 is 6.94. The highest BCUT2D eigenvalue weighted by molar-refractivity contribution is 7.18. The summed E-state index contributed by atoms with van der Waals surface area (Å²) in [5.41, 5.74) is 0. The summed E-state index contributed by atoms with van der Waals surface area (Å²) in [7, 11) is 3.24. The van der Waals surface area contributed by atoms with Gasteiger partial charge in [0.15, 0.2) is 5.78 Å². The van der Waals surface area contributed by atoms with Crippen molar-refractivity contribution in [2.75, 3.05) is 14.1 Å². The maximum atomic E-state index is 11.8. The van der Waals surface area contributed by atoms with Gasteiger partial charge in [0.25, 0.3) is 0 Å². The Hall–Kier alpha value is -1.40. The summed E-state index contributed by atoms with van der Waals surface area (Å²) in [6.07, 6.45) is 0.158. The van der Waals surface area contributed by atoms with Gasteiger partial charge in [0.2, 0.25) is 11.8 Å². The molecule has 0 aliphatic heterocycles. The predicted octanol–water partition coefficient (Wildman–Crippen LogP) is 1.96. The third-order valence-corrected chi connectivity index (χ3v) is 3.89. The molecule has 20 heavy (non-hydrogen) atoms. The van der Waals surface area contributed by atoms with Crippen molar-refractivity contribution in [2.45, 2.75) is 25.8 Å². The van der Waals surface area contributed by atoms with E-state index < -0.39 is 6.04 Å². The Morgan fingerprint density at radius 2 is 1.95 bits per heavy atom. The number of nitrogens with one attached hydrogen (secondary N) is 1. The van der Waals surface area contributed by atoms with E-state index in [2.05, 4.69) is 5.32 Å². The largest absolute Gasteiger partial charge is 0.347 e. The van der Waals surface area contributed by atoms with Crippen LogP contribution >= 0.6 is 22.9 Å².